The maximum atomic E-state index is 13.0. The summed E-state index contributed by atoms with van der Waals surface area (Å²) in [6, 6.07) is 13.7. The monoisotopic (exact) mass is 445 g/mol. The Labute approximate surface area is 188 Å². The van der Waals surface area contributed by atoms with Crippen LogP contribution in [0.3, 0.4) is 0 Å². The maximum absolute atomic E-state index is 13.0. The summed E-state index contributed by atoms with van der Waals surface area (Å²) in [6.45, 7) is 3.64. The number of amides is 3. The van der Waals surface area contributed by atoms with Crippen LogP contribution in [0.4, 0.5) is 5.69 Å². The van der Waals surface area contributed by atoms with Crippen molar-refractivity contribution in [3.05, 3.63) is 81.6 Å². The molecule has 3 aromatic rings. The second kappa shape index (κ2) is 7.32. The SMILES string of the molecule is CC1=NN(c2ccc(C)c(Cl)c2)C(=O)C1=Cc1ccc(-c2ccc3c(c2)C(=O)NC3=O)o1. The zero-order valence-corrected chi connectivity index (χ0v) is 17.9. The van der Waals surface area contributed by atoms with Gasteiger partial charge in [0.15, 0.2) is 0 Å². The molecule has 2 aromatic carbocycles. The zero-order chi connectivity index (χ0) is 22.6. The summed E-state index contributed by atoms with van der Waals surface area (Å²) in [5, 5.41) is 8.50. The number of carbonyl (C=O) groups excluding carboxylic acids is 3. The molecule has 32 heavy (non-hydrogen) atoms. The van der Waals surface area contributed by atoms with Gasteiger partial charge in [0.25, 0.3) is 17.7 Å². The third kappa shape index (κ3) is 3.23. The summed E-state index contributed by atoms with van der Waals surface area (Å²) >= 11 is 6.20. The molecule has 0 aliphatic carbocycles. The van der Waals surface area contributed by atoms with E-state index in [2.05, 4.69) is 10.4 Å². The van der Waals surface area contributed by atoms with E-state index in [1.807, 2.05) is 13.0 Å². The highest BCUT2D eigenvalue weighted by atomic mass is 35.5. The van der Waals surface area contributed by atoms with Crippen LogP contribution in [0.25, 0.3) is 17.4 Å². The molecule has 1 aromatic heterocycles. The standard InChI is InChI=1S/C24H16ClN3O4/c1-12-3-5-15(10-20(12)25)28-24(31)18(13(2)27-28)11-16-6-8-21(32-16)14-4-7-17-19(9-14)23(30)26-22(17)29/h3-11H,1-2H3,(H,26,29,30). The number of fused-ring (bicyclic) bond motifs is 1. The van der Waals surface area contributed by atoms with Crippen LogP contribution in [-0.4, -0.2) is 23.4 Å². The van der Waals surface area contributed by atoms with Crippen LogP contribution in [0, 0.1) is 6.92 Å². The molecule has 3 heterocycles. The smallest absolute Gasteiger partial charge is 0.280 e. The van der Waals surface area contributed by atoms with Crippen molar-refractivity contribution >= 4 is 46.8 Å². The van der Waals surface area contributed by atoms with Crippen molar-refractivity contribution in [2.75, 3.05) is 5.01 Å². The van der Waals surface area contributed by atoms with Crippen LogP contribution in [0.5, 0.6) is 0 Å². The van der Waals surface area contributed by atoms with E-state index in [0.717, 1.165) is 5.56 Å². The minimum atomic E-state index is -0.430. The summed E-state index contributed by atoms with van der Waals surface area (Å²) in [5.41, 5.74) is 3.75. The molecular formula is C24H16ClN3O4. The lowest BCUT2D eigenvalue weighted by molar-refractivity contribution is -0.114. The third-order valence-corrected chi connectivity index (χ3v) is 5.80. The molecule has 2 aliphatic rings. The highest BCUT2D eigenvalue weighted by Gasteiger charge is 2.30. The third-order valence-electron chi connectivity index (χ3n) is 5.40. The Kier molecular flexibility index (Phi) is 4.56. The number of hydrogen-bond acceptors (Lipinski definition) is 5. The topological polar surface area (TPSA) is 92.0 Å². The number of hydrogen-bond donors (Lipinski definition) is 1. The van der Waals surface area contributed by atoms with Crippen LogP contribution < -0.4 is 10.3 Å². The summed E-state index contributed by atoms with van der Waals surface area (Å²) in [6.07, 6.45) is 1.63. The predicted molar refractivity (Wildman–Crippen MR) is 121 cm³/mol. The highest BCUT2D eigenvalue weighted by molar-refractivity contribution is 6.33. The highest BCUT2D eigenvalue weighted by Crippen LogP contribution is 2.31. The lowest BCUT2D eigenvalue weighted by atomic mass is 10.0. The predicted octanol–water partition coefficient (Wildman–Crippen LogP) is 4.60. The van der Waals surface area contributed by atoms with Crippen molar-refractivity contribution in [1.29, 1.82) is 0 Å². The first-order chi connectivity index (χ1) is 15.3. The fourth-order valence-corrected chi connectivity index (χ4v) is 3.80. The van der Waals surface area contributed by atoms with E-state index in [1.54, 1.807) is 55.5 Å². The van der Waals surface area contributed by atoms with Crippen molar-refractivity contribution in [1.82, 2.24) is 5.32 Å². The lowest BCUT2D eigenvalue weighted by Crippen LogP contribution is -2.21. The molecule has 0 atom stereocenters. The Bertz CT molecular complexity index is 1400. The minimum Gasteiger partial charge on any atom is -0.457 e. The summed E-state index contributed by atoms with van der Waals surface area (Å²) < 4.78 is 5.89. The minimum absolute atomic E-state index is 0.284. The molecule has 8 heteroatoms. The number of hydrazone groups is 1. The number of carbonyl (C=O) groups is 3. The van der Waals surface area contributed by atoms with Gasteiger partial charge in [0, 0.05) is 10.6 Å². The molecule has 0 spiro atoms. The Morgan fingerprint density at radius 2 is 1.75 bits per heavy atom. The van der Waals surface area contributed by atoms with Crippen LogP contribution in [-0.2, 0) is 4.79 Å². The van der Waals surface area contributed by atoms with E-state index >= 15 is 0 Å². The van der Waals surface area contributed by atoms with E-state index in [-0.39, 0.29) is 5.91 Å². The van der Waals surface area contributed by atoms with Crippen molar-refractivity contribution in [2.24, 2.45) is 5.10 Å². The molecule has 0 fully saturated rings. The maximum Gasteiger partial charge on any atom is 0.280 e. The van der Waals surface area contributed by atoms with Gasteiger partial charge in [0.05, 0.1) is 28.1 Å². The average molecular weight is 446 g/mol. The first-order valence-electron chi connectivity index (χ1n) is 9.79. The molecule has 5 rings (SSSR count). The zero-order valence-electron chi connectivity index (χ0n) is 17.1. The number of nitrogens with one attached hydrogen (secondary N) is 1. The number of halogens is 1. The molecule has 2 aliphatic heterocycles. The molecule has 158 valence electrons. The second-order valence-electron chi connectivity index (χ2n) is 7.54. The molecule has 0 bridgehead atoms. The Hall–Kier alpha value is -3.97. The van der Waals surface area contributed by atoms with Crippen molar-refractivity contribution < 1.29 is 18.8 Å². The number of anilines is 1. The van der Waals surface area contributed by atoms with Gasteiger partial charge in [0.2, 0.25) is 0 Å². The van der Waals surface area contributed by atoms with Gasteiger partial charge in [-0.15, -0.1) is 0 Å². The van der Waals surface area contributed by atoms with Gasteiger partial charge in [-0.05, 0) is 61.9 Å². The van der Waals surface area contributed by atoms with E-state index in [9.17, 15) is 14.4 Å². The summed E-state index contributed by atoms with van der Waals surface area (Å²) in [4.78, 5) is 36.6. The molecule has 1 N–H and O–H groups in total. The Morgan fingerprint density at radius 1 is 0.969 bits per heavy atom. The van der Waals surface area contributed by atoms with Gasteiger partial charge in [-0.2, -0.15) is 10.1 Å². The number of furan rings is 1. The lowest BCUT2D eigenvalue weighted by Gasteiger charge is -2.12. The number of benzene rings is 2. The molecule has 0 saturated carbocycles. The van der Waals surface area contributed by atoms with Crippen molar-refractivity contribution in [2.45, 2.75) is 13.8 Å². The molecule has 0 unspecified atom stereocenters. The first-order valence-corrected chi connectivity index (χ1v) is 10.2. The fourth-order valence-electron chi connectivity index (χ4n) is 3.62. The van der Waals surface area contributed by atoms with Gasteiger partial charge < -0.3 is 4.42 Å². The number of imide groups is 1. The van der Waals surface area contributed by atoms with Crippen LogP contribution >= 0.6 is 11.6 Å². The number of aryl methyl sites for hydroxylation is 1. The van der Waals surface area contributed by atoms with Gasteiger partial charge in [0.1, 0.15) is 11.5 Å². The van der Waals surface area contributed by atoms with Gasteiger partial charge in [-0.1, -0.05) is 23.7 Å². The van der Waals surface area contributed by atoms with Crippen LogP contribution in [0.2, 0.25) is 5.02 Å². The largest absolute Gasteiger partial charge is 0.457 e. The normalized spacial score (nSPS) is 16.6. The van der Waals surface area contributed by atoms with E-state index < -0.39 is 11.8 Å². The van der Waals surface area contributed by atoms with E-state index in [0.29, 0.717) is 50.2 Å². The molecule has 7 nitrogen and oxygen atoms in total. The molecule has 0 saturated heterocycles. The van der Waals surface area contributed by atoms with Crippen molar-refractivity contribution in [3.8, 4) is 11.3 Å². The van der Waals surface area contributed by atoms with Crippen LogP contribution in [0.15, 0.2) is 63.6 Å². The molecule has 3 amide bonds. The fraction of sp³-hybridized carbons (Fsp3) is 0.0833. The van der Waals surface area contributed by atoms with Crippen LogP contribution in [0.1, 0.15) is 39.0 Å². The Morgan fingerprint density at radius 3 is 2.53 bits per heavy atom. The molecular weight excluding hydrogens is 430 g/mol. The Balaban J connectivity index is 1.43. The van der Waals surface area contributed by atoms with Gasteiger partial charge in [-0.3, -0.25) is 19.7 Å². The summed E-state index contributed by atoms with van der Waals surface area (Å²) in [5.74, 6) is -0.152. The quantitative estimate of drug-likeness (QED) is 0.471. The first kappa shape index (κ1) is 20.0. The van der Waals surface area contributed by atoms with E-state index in [4.69, 9.17) is 16.0 Å². The van der Waals surface area contributed by atoms with Gasteiger partial charge in [-0.25, -0.2) is 0 Å². The second-order valence-corrected chi connectivity index (χ2v) is 7.95. The average Bonchev–Trinajstić information content (AvgIpc) is 3.43. The van der Waals surface area contributed by atoms with Crippen molar-refractivity contribution in [3.63, 3.8) is 0 Å². The molecule has 0 radical (unpaired) electrons. The number of nitrogens with zero attached hydrogens (tertiary/aromatic N) is 2. The van der Waals surface area contributed by atoms with Gasteiger partial charge >= 0.3 is 0 Å². The van der Waals surface area contributed by atoms with E-state index in [1.165, 1.54) is 5.01 Å². The summed E-state index contributed by atoms with van der Waals surface area (Å²) in [7, 11) is 0. The number of rotatable bonds is 3.